The summed E-state index contributed by atoms with van der Waals surface area (Å²) in [5.74, 6) is 0. The summed E-state index contributed by atoms with van der Waals surface area (Å²) in [4.78, 5) is 8.73. The zero-order valence-electron chi connectivity index (χ0n) is 11.8. The van der Waals surface area contributed by atoms with Gasteiger partial charge in [0.1, 0.15) is 0 Å². The fraction of sp³-hybridized carbons (Fsp3) is 0.733. The summed E-state index contributed by atoms with van der Waals surface area (Å²) >= 11 is 1.86. The maximum absolute atomic E-state index is 4.37. The summed E-state index contributed by atoms with van der Waals surface area (Å²) in [5, 5.41) is 5.28. The zero-order valence-corrected chi connectivity index (χ0v) is 12.7. The Hall–Kier alpha value is -0.610. The Morgan fingerprint density at radius 2 is 1.89 bits per heavy atom. The Morgan fingerprint density at radius 3 is 2.63 bits per heavy atom. The van der Waals surface area contributed by atoms with Gasteiger partial charge in [-0.25, -0.2) is 9.97 Å². The molecule has 0 radical (unpaired) electrons. The molecule has 1 aromatic rings. The molecule has 0 aliphatic heterocycles. The van der Waals surface area contributed by atoms with Crippen molar-refractivity contribution in [2.75, 3.05) is 6.54 Å². The minimum absolute atomic E-state index is 0.619. The van der Waals surface area contributed by atoms with Crippen LogP contribution in [-0.2, 0) is 0 Å². The van der Waals surface area contributed by atoms with Crippen LogP contribution in [-0.4, -0.2) is 27.8 Å². The summed E-state index contributed by atoms with van der Waals surface area (Å²) in [5.41, 5.74) is 0. The molecule has 0 bridgehead atoms. The van der Waals surface area contributed by atoms with Crippen molar-refractivity contribution in [1.29, 1.82) is 0 Å². The molecule has 1 aliphatic rings. The molecule has 106 valence electrons. The smallest absolute Gasteiger partial charge is 0.187 e. The van der Waals surface area contributed by atoms with Crippen LogP contribution in [0.4, 0.5) is 0 Å². The lowest BCUT2D eigenvalue weighted by atomic mass is 9.96. The van der Waals surface area contributed by atoms with Crippen LogP contribution < -0.4 is 5.32 Å². The first kappa shape index (κ1) is 14.8. The number of aromatic nitrogens is 2. The molecule has 0 aromatic carbocycles. The van der Waals surface area contributed by atoms with Gasteiger partial charge in [0.25, 0.3) is 0 Å². The van der Waals surface area contributed by atoms with Crippen LogP contribution in [0.3, 0.4) is 0 Å². The Bertz CT molecular complexity index is 343. The van der Waals surface area contributed by atoms with E-state index in [2.05, 4.69) is 22.2 Å². The second-order valence-corrected chi connectivity index (χ2v) is 6.45. The predicted octanol–water partition coefficient (Wildman–Crippen LogP) is 3.66. The van der Waals surface area contributed by atoms with E-state index in [9.17, 15) is 0 Å². The fourth-order valence-corrected chi connectivity index (χ4v) is 3.83. The minimum atomic E-state index is 0.619. The lowest BCUT2D eigenvalue weighted by Crippen LogP contribution is -2.39. The van der Waals surface area contributed by atoms with E-state index in [0.29, 0.717) is 11.3 Å². The molecule has 3 nitrogen and oxygen atoms in total. The maximum atomic E-state index is 4.37. The first-order valence-corrected chi connectivity index (χ1v) is 8.45. The molecular weight excluding hydrogens is 254 g/mol. The van der Waals surface area contributed by atoms with E-state index in [1.807, 2.05) is 30.2 Å². The molecule has 1 aromatic heterocycles. The molecule has 0 saturated heterocycles. The Kier molecular flexibility index (Phi) is 6.65. The Labute approximate surface area is 121 Å². The van der Waals surface area contributed by atoms with E-state index in [0.717, 1.165) is 11.7 Å². The molecule has 2 unspecified atom stereocenters. The number of rotatable bonds is 5. The van der Waals surface area contributed by atoms with Crippen molar-refractivity contribution in [1.82, 2.24) is 15.3 Å². The van der Waals surface area contributed by atoms with Gasteiger partial charge in [-0.1, -0.05) is 44.4 Å². The highest BCUT2D eigenvalue weighted by atomic mass is 32.2. The van der Waals surface area contributed by atoms with Crippen molar-refractivity contribution in [2.24, 2.45) is 0 Å². The molecule has 1 fully saturated rings. The first-order chi connectivity index (χ1) is 9.40. The Morgan fingerprint density at radius 1 is 1.16 bits per heavy atom. The number of nitrogens with one attached hydrogen (secondary N) is 1. The van der Waals surface area contributed by atoms with Crippen molar-refractivity contribution in [2.45, 2.75) is 68.3 Å². The highest BCUT2D eigenvalue weighted by Gasteiger charge is 2.23. The fourth-order valence-electron chi connectivity index (χ4n) is 2.64. The third-order valence-electron chi connectivity index (χ3n) is 3.66. The molecule has 1 heterocycles. The van der Waals surface area contributed by atoms with Gasteiger partial charge in [0.2, 0.25) is 0 Å². The van der Waals surface area contributed by atoms with Gasteiger partial charge < -0.3 is 5.32 Å². The maximum Gasteiger partial charge on any atom is 0.187 e. The lowest BCUT2D eigenvalue weighted by Gasteiger charge is -2.29. The second kappa shape index (κ2) is 8.54. The van der Waals surface area contributed by atoms with Crippen LogP contribution in [0.5, 0.6) is 0 Å². The van der Waals surface area contributed by atoms with Gasteiger partial charge >= 0.3 is 0 Å². The van der Waals surface area contributed by atoms with Crippen molar-refractivity contribution in [3.05, 3.63) is 18.5 Å². The molecule has 19 heavy (non-hydrogen) atoms. The van der Waals surface area contributed by atoms with Crippen molar-refractivity contribution in [3.63, 3.8) is 0 Å². The van der Waals surface area contributed by atoms with E-state index < -0.39 is 0 Å². The minimum Gasteiger partial charge on any atom is -0.313 e. The van der Waals surface area contributed by atoms with Crippen molar-refractivity contribution >= 4 is 11.8 Å². The van der Waals surface area contributed by atoms with Crippen LogP contribution in [0.25, 0.3) is 0 Å². The van der Waals surface area contributed by atoms with Crippen LogP contribution >= 0.6 is 11.8 Å². The van der Waals surface area contributed by atoms with Crippen LogP contribution in [0, 0.1) is 0 Å². The highest BCUT2D eigenvalue weighted by Crippen LogP contribution is 2.30. The monoisotopic (exact) mass is 279 g/mol. The van der Waals surface area contributed by atoms with Gasteiger partial charge in [0.15, 0.2) is 5.16 Å². The normalized spacial score (nSPS) is 24.7. The standard InChI is InChI=1S/C15H25N3S/c1-2-10-16-13-8-5-3-4-6-9-14(13)19-15-17-11-7-12-18-15/h7,11-14,16H,2-6,8-10H2,1H3. The van der Waals surface area contributed by atoms with Gasteiger partial charge in [-0.15, -0.1) is 0 Å². The molecule has 4 heteroatoms. The third kappa shape index (κ3) is 5.11. The molecule has 1 saturated carbocycles. The van der Waals surface area contributed by atoms with E-state index >= 15 is 0 Å². The molecule has 0 amide bonds. The molecular formula is C15H25N3S. The second-order valence-electron chi connectivity index (χ2n) is 5.24. The van der Waals surface area contributed by atoms with Crippen molar-refractivity contribution < 1.29 is 0 Å². The number of hydrogen-bond acceptors (Lipinski definition) is 4. The SMILES string of the molecule is CCCNC1CCCCCCC1Sc1ncccn1. The van der Waals surface area contributed by atoms with Gasteiger partial charge in [-0.3, -0.25) is 0 Å². The van der Waals surface area contributed by atoms with Gasteiger partial charge in [0.05, 0.1) is 0 Å². The van der Waals surface area contributed by atoms with Crippen LogP contribution in [0.15, 0.2) is 23.6 Å². The average Bonchev–Trinajstić information content (AvgIpc) is 2.43. The van der Waals surface area contributed by atoms with Crippen LogP contribution in [0.2, 0.25) is 0 Å². The summed E-state index contributed by atoms with van der Waals surface area (Å²) in [7, 11) is 0. The summed E-state index contributed by atoms with van der Waals surface area (Å²) in [6.07, 6.45) is 12.9. The Balaban J connectivity index is 1.98. The summed E-state index contributed by atoms with van der Waals surface area (Å²) in [6, 6.07) is 2.50. The number of nitrogens with zero attached hydrogens (tertiary/aromatic N) is 2. The first-order valence-electron chi connectivity index (χ1n) is 7.57. The number of thioether (sulfide) groups is 1. The van der Waals surface area contributed by atoms with Crippen molar-refractivity contribution in [3.8, 4) is 0 Å². The zero-order chi connectivity index (χ0) is 13.3. The topological polar surface area (TPSA) is 37.8 Å². The third-order valence-corrected chi connectivity index (χ3v) is 4.95. The average molecular weight is 279 g/mol. The molecule has 1 aliphatic carbocycles. The molecule has 2 atom stereocenters. The summed E-state index contributed by atoms with van der Waals surface area (Å²) in [6.45, 7) is 3.36. The van der Waals surface area contributed by atoms with E-state index in [4.69, 9.17) is 0 Å². The molecule has 1 N–H and O–H groups in total. The van der Waals surface area contributed by atoms with E-state index in [1.54, 1.807) is 0 Å². The number of hydrogen-bond donors (Lipinski definition) is 1. The lowest BCUT2D eigenvalue weighted by molar-refractivity contribution is 0.399. The largest absolute Gasteiger partial charge is 0.313 e. The van der Waals surface area contributed by atoms with E-state index in [-0.39, 0.29) is 0 Å². The quantitative estimate of drug-likeness (QED) is 0.835. The highest BCUT2D eigenvalue weighted by molar-refractivity contribution is 7.99. The van der Waals surface area contributed by atoms with E-state index in [1.165, 1.54) is 44.9 Å². The van der Waals surface area contributed by atoms with Gasteiger partial charge in [-0.05, 0) is 31.9 Å². The predicted molar refractivity (Wildman–Crippen MR) is 81.5 cm³/mol. The van der Waals surface area contributed by atoms with Crippen LogP contribution in [0.1, 0.15) is 51.9 Å². The summed E-state index contributed by atoms with van der Waals surface area (Å²) < 4.78 is 0. The molecule has 2 rings (SSSR count). The molecule has 0 spiro atoms. The van der Waals surface area contributed by atoms with Gasteiger partial charge in [0, 0.05) is 23.7 Å². The van der Waals surface area contributed by atoms with Gasteiger partial charge in [-0.2, -0.15) is 0 Å².